The minimum absolute atomic E-state index is 0.270. The first-order valence-corrected chi connectivity index (χ1v) is 7.97. The Balaban J connectivity index is 1.80. The monoisotopic (exact) mass is 306 g/mol. The Morgan fingerprint density at radius 3 is 3.10 bits per heavy atom. The number of aliphatic hydroxyl groups is 1. The highest BCUT2D eigenvalue weighted by molar-refractivity contribution is 6.31. The number of aromatic nitrogens is 3. The van der Waals surface area contributed by atoms with E-state index in [4.69, 9.17) is 11.6 Å². The molecule has 1 fully saturated rings. The van der Waals surface area contributed by atoms with Crippen LogP contribution in [0.4, 0.5) is 5.69 Å². The first-order chi connectivity index (χ1) is 10.2. The van der Waals surface area contributed by atoms with Crippen LogP contribution in [0.2, 0.25) is 5.15 Å². The van der Waals surface area contributed by atoms with E-state index in [1.165, 1.54) is 0 Å². The second-order valence-corrected chi connectivity index (χ2v) is 6.70. The molecule has 1 aliphatic carbocycles. The van der Waals surface area contributed by atoms with E-state index in [0.29, 0.717) is 23.2 Å². The lowest BCUT2D eigenvalue weighted by molar-refractivity contribution is 0.226. The summed E-state index contributed by atoms with van der Waals surface area (Å²) in [5, 5.41) is 13.4. The zero-order valence-electron chi connectivity index (χ0n) is 12.0. The third kappa shape index (κ3) is 2.02. The molecule has 3 heterocycles. The van der Waals surface area contributed by atoms with Gasteiger partial charge in [0.2, 0.25) is 0 Å². The molecule has 3 unspecified atom stereocenters. The Bertz CT molecular complexity index is 699. The Hall–Kier alpha value is -1.33. The fourth-order valence-electron chi connectivity index (χ4n) is 3.73. The van der Waals surface area contributed by atoms with Crippen LogP contribution < -0.4 is 5.32 Å². The third-order valence-electron chi connectivity index (χ3n) is 4.83. The molecule has 3 atom stereocenters. The molecule has 1 aliphatic heterocycles. The van der Waals surface area contributed by atoms with Crippen molar-refractivity contribution in [2.45, 2.75) is 44.7 Å². The molecule has 6 heteroatoms. The molecule has 2 aromatic rings. The Morgan fingerprint density at radius 1 is 1.48 bits per heavy atom. The highest BCUT2D eigenvalue weighted by atomic mass is 35.5. The minimum atomic E-state index is 0.270. The first-order valence-electron chi connectivity index (χ1n) is 7.59. The maximum absolute atomic E-state index is 9.32. The van der Waals surface area contributed by atoms with Crippen LogP contribution in [0, 0.1) is 5.92 Å². The van der Waals surface area contributed by atoms with Gasteiger partial charge in [0.25, 0.3) is 0 Å². The van der Waals surface area contributed by atoms with E-state index in [0.717, 1.165) is 48.1 Å². The van der Waals surface area contributed by atoms with Gasteiger partial charge in [0.15, 0.2) is 5.65 Å². The van der Waals surface area contributed by atoms with Gasteiger partial charge in [-0.15, -0.1) is 0 Å². The molecule has 21 heavy (non-hydrogen) atoms. The van der Waals surface area contributed by atoms with E-state index < -0.39 is 0 Å². The predicted octanol–water partition coefficient (Wildman–Crippen LogP) is 2.77. The summed E-state index contributed by atoms with van der Waals surface area (Å²) < 4.78 is 2.14. The summed E-state index contributed by atoms with van der Waals surface area (Å²) in [4.78, 5) is 9.18. The molecule has 0 amide bonds. The molecule has 112 valence electrons. The SMILES string of the molecule is CC1Cc2c(Cl)nc3c(ncn3C3CCC(CO)C3)c2N1. The van der Waals surface area contributed by atoms with Crippen molar-refractivity contribution in [2.24, 2.45) is 5.92 Å². The summed E-state index contributed by atoms with van der Waals surface area (Å²) in [6.07, 6.45) is 5.90. The molecular formula is C15H19ClN4O. The smallest absolute Gasteiger partial charge is 0.163 e. The molecule has 2 aromatic heterocycles. The van der Waals surface area contributed by atoms with Crippen molar-refractivity contribution in [2.75, 3.05) is 11.9 Å². The van der Waals surface area contributed by atoms with E-state index in [-0.39, 0.29) is 6.61 Å². The van der Waals surface area contributed by atoms with Crippen LogP contribution in [0.5, 0.6) is 0 Å². The topological polar surface area (TPSA) is 63.0 Å². The van der Waals surface area contributed by atoms with Gasteiger partial charge in [-0.2, -0.15) is 0 Å². The minimum Gasteiger partial charge on any atom is -0.396 e. The van der Waals surface area contributed by atoms with Crippen molar-refractivity contribution in [1.29, 1.82) is 0 Å². The van der Waals surface area contributed by atoms with Crippen LogP contribution >= 0.6 is 11.6 Å². The van der Waals surface area contributed by atoms with Gasteiger partial charge in [-0.1, -0.05) is 11.6 Å². The number of imidazole rings is 1. The zero-order valence-corrected chi connectivity index (χ0v) is 12.8. The maximum Gasteiger partial charge on any atom is 0.163 e. The number of fused-ring (bicyclic) bond motifs is 3. The summed E-state index contributed by atoms with van der Waals surface area (Å²) in [6.45, 7) is 2.41. The second kappa shape index (κ2) is 4.85. The van der Waals surface area contributed by atoms with Crippen LogP contribution in [0.3, 0.4) is 0 Å². The molecular weight excluding hydrogens is 288 g/mol. The Morgan fingerprint density at radius 2 is 2.33 bits per heavy atom. The standard InChI is InChI=1S/C15H19ClN4O/c1-8-4-11-12(18-8)13-15(19-14(11)16)20(7-17-13)10-3-2-9(5-10)6-21/h7-10,18,21H,2-6H2,1H3. The van der Waals surface area contributed by atoms with Gasteiger partial charge in [0.1, 0.15) is 10.7 Å². The number of halogens is 1. The average Bonchev–Trinajstić information content (AvgIpc) is 3.14. The number of hydrogen-bond acceptors (Lipinski definition) is 4. The third-order valence-corrected chi connectivity index (χ3v) is 5.14. The lowest BCUT2D eigenvalue weighted by Crippen LogP contribution is -2.08. The molecule has 0 bridgehead atoms. The van der Waals surface area contributed by atoms with Crippen molar-refractivity contribution in [3.63, 3.8) is 0 Å². The molecule has 0 spiro atoms. The second-order valence-electron chi connectivity index (χ2n) is 6.35. The summed E-state index contributed by atoms with van der Waals surface area (Å²) in [7, 11) is 0. The van der Waals surface area contributed by atoms with Crippen molar-refractivity contribution >= 4 is 28.5 Å². The normalized spacial score (nSPS) is 28.0. The van der Waals surface area contributed by atoms with Crippen molar-refractivity contribution in [3.8, 4) is 0 Å². The van der Waals surface area contributed by atoms with Gasteiger partial charge in [0.05, 0.1) is 12.0 Å². The zero-order chi connectivity index (χ0) is 14.6. The van der Waals surface area contributed by atoms with Crippen molar-refractivity contribution in [3.05, 3.63) is 17.0 Å². The summed E-state index contributed by atoms with van der Waals surface area (Å²) >= 11 is 6.37. The van der Waals surface area contributed by atoms with Crippen LogP contribution in [0.25, 0.3) is 11.2 Å². The highest BCUT2D eigenvalue weighted by Gasteiger charge is 2.30. The number of aliphatic hydroxyl groups excluding tert-OH is 1. The van der Waals surface area contributed by atoms with Gasteiger partial charge < -0.3 is 15.0 Å². The molecule has 0 aromatic carbocycles. The predicted molar refractivity (Wildman–Crippen MR) is 82.8 cm³/mol. The summed E-state index contributed by atoms with van der Waals surface area (Å²) in [6, 6.07) is 0.743. The molecule has 5 nitrogen and oxygen atoms in total. The van der Waals surface area contributed by atoms with Gasteiger partial charge in [-0.05, 0) is 38.5 Å². The molecule has 1 saturated carbocycles. The molecule has 4 rings (SSSR count). The lowest BCUT2D eigenvalue weighted by Gasteiger charge is -2.13. The summed E-state index contributed by atoms with van der Waals surface area (Å²) in [5.74, 6) is 0.399. The van der Waals surface area contributed by atoms with Gasteiger partial charge in [0, 0.05) is 24.3 Å². The highest BCUT2D eigenvalue weighted by Crippen LogP contribution is 2.40. The van der Waals surface area contributed by atoms with Gasteiger partial charge in [-0.25, -0.2) is 9.97 Å². The first kappa shape index (κ1) is 13.3. The molecule has 0 radical (unpaired) electrons. The van der Waals surface area contributed by atoms with E-state index in [9.17, 15) is 5.11 Å². The average molecular weight is 307 g/mol. The van der Waals surface area contributed by atoms with E-state index >= 15 is 0 Å². The van der Waals surface area contributed by atoms with Gasteiger partial charge >= 0.3 is 0 Å². The number of anilines is 1. The number of nitrogens with one attached hydrogen (secondary N) is 1. The molecule has 2 aliphatic rings. The fraction of sp³-hybridized carbons (Fsp3) is 0.600. The van der Waals surface area contributed by atoms with Crippen LogP contribution in [0.15, 0.2) is 6.33 Å². The number of nitrogens with zero attached hydrogens (tertiary/aromatic N) is 3. The maximum atomic E-state index is 9.32. The lowest BCUT2D eigenvalue weighted by atomic mass is 10.1. The Kier molecular flexibility index (Phi) is 3.08. The number of pyridine rings is 1. The van der Waals surface area contributed by atoms with Gasteiger partial charge in [-0.3, -0.25) is 0 Å². The quantitative estimate of drug-likeness (QED) is 0.838. The largest absolute Gasteiger partial charge is 0.396 e. The number of hydrogen-bond donors (Lipinski definition) is 2. The van der Waals surface area contributed by atoms with Crippen LogP contribution in [-0.4, -0.2) is 32.3 Å². The van der Waals surface area contributed by atoms with Crippen molar-refractivity contribution < 1.29 is 5.11 Å². The Labute approximate surface area is 128 Å². The number of rotatable bonds is 2. The fourth-order valence-corrected chi connectivity index (χ4v) is 3.98. The van der Waals surface area contributed by atoms with Crippen molar-refractivity contribution in [1.82, 2.24) is 14.5 Å². The molecule has 2 N–H and O–H groups in total. The molecule has 0 saturated heterocycles. The van der Waals surface area contributed by atoms with E-state index in [1.54, 1.807) is 0 Å². The van der Waals surface area contributed by atoms with Crippen LogP contribution in [-0.2, 0) is 6.42 Å². The van der Waals surface area contributed by atoms with E-state index in [1.807, 2.05) is 6.33 Å². The van der Waals surface area contributed by atoms with E-state index in [2.05, 4.69) is 26.8 Å². The van der Waals surface area contributed by atoms with Crippen LogP contribution in [0.1, 0.15) is 37.8 Å². The summed E-state index contributed by atoms with van der Waals surface area (Å²) in [5.41, 5.74) is 3.92.